The van der Waals surface area contributed by atoms with Gasteiger partial charge in [-0.3, -0.25) is 9.10 Å². The lowest BCUT2D eigenvalue weighted by Gasteiger charge is -2.25. The molecule has 0 aliphatic rings. The normalized spacial score (nSPS) is 11.2. The van der Waals surface area contributed by atoms with Crippen LogP contribution in [0.25, 0.3) is 10.8 Å². The van der Waals surface area contributed by atoms with Crippen molar-refractivity contribution < 1.29 is 27.5 Å². The molecule has 0 bridgehead atoms. The first-order chi connectivity index (χ1) is 14.8. The highest BCUT2D eigenvalue weighted by Gasteiger charge is 2.29. The van der Waals surface area contributed by atoms with Gasteiger partial charge in [0.1, 0.15) is 6.54 Å². The van der Waals surface area contributed by atoms with Crippen LogP contribution in [0.2, 0.25) is 0 Å². The molecule has 0 radical (unpaired) electrons. The summed E-state index contributed by atoms with van der Waals surface area (Å²) in [4.78, 5) is 24.3. The third-order valence-electron chi connectivity index (χ3n) is 4.80. The van der Waals surface area contributed by atoms with E-state index in [1.807, 2.05) is 24.3 Å². The predicted molar refractivity (Wildman–Crippen MR) is 118 cm³/mol. The molecule has 0 aliphatic heterocycles. The third kappa shape index (κ3) is 4.69. The van der Waals surface area contributed by atoms with Crippen molar-refractivity contribution in [2.75, 3.05) is 24.6 Å². The first-order valence-electron chi connectivity index (χ1n) is 9.64. The molecule has 31 heavy (non-hydrogen) atoms. The lowest BCUT2D eigenvalue weighted by molar-refractivity contribution is -0.138. The summed E-state index contributed by atoms with van der Waals surface area (Å²) in [6, 6.07) is 16.7. The molecule has 0 aliphatic carbocycles. The minimum absolute atomic E-state index is 0.0241. The molecule has 0 fully saturated rings. The SMILES string of the molecule is CCOC(=O)c1ccc(C)c(N(CC(=O)OC)S(=O)(=O)c2ccc3ccccc3c2)c1. The van der Waals surface area contributed by atoms with Crippen LogP contribution in [-0.2, 0) is 24.3 Å². The van der Waals surface area contributed by atoms with Crippen LogP contribution in [-0.4, -0.2) is 40.6 Å². The Bertz CT molecular complexity index is 1240. The van der Waals surface area contributed by atoms with E-state index in [1.54, 1.807) is 38.1 Å². The summed E-state index contributed by atoms with van der Waals surface area (Å²) in [5.41, 5.74) is 0.955. The summed E-state index contributed by atoms with van der Waals surface area (Å²) in [5, 5.41) is 1.64. The molecule has 0 amide bonds. The number of hydrogen-bond acceptors (Lipinski definition) is 6. The minimum Gasteiger partial charge on any atom is -0.468 e. The Morgan fingerprint density at radius 2 is 1.68 bits per heavy atom. The highest BCUT2D eigenvalue weighted by molar-refractivity contribution is 7.92. The van der Waals surface area contributed by atoms with Crippen molar-refractivity contribution in [1.29, 1.82) is 0 Å². The molecule has 0 spiro atoms. The second-order valence-corrected chi connectivity index (χ2v) is 8.68. The molecule has 0 aromatic heterocycles. The number of esters is 2. The Balaban J connectivity index is 2.15. The molecule has 3 rings (SSSR count). The second-order valence-electron chi connectivity index (χ2n) is 6.82. The van der Waals surface area contributed by atoms with E-state index in [-0.39, 0.29) is 22.8 Å². The Labute approximate surface area is 181 Å². The molecule has 8 heteroatoms. The summed E-state index contributed by atoms with van der Waals surface area (Å²) in [5.74, 6) is -1.31. The Morgan fingerprint density at radius 3 is 2.35 bits per heavy atom. The largest absolute Gasteiger partial charge is 0.468 e. The minimum atomic E-state index is -4.15. The summed E-state index contributed by atoms with van der Waals surface area (Å²) in [7, 11) is -2.96. The fraction of sp³-hybridized carbons (Fsp3) is 0.217. The average molecular weight is 442 g/mol. The van der Waals surface area contributed by atoms with Crippen molar-refractivity contribution in [2.45, 2.75) is 18.7 Å². The van der Waals surface area contributed by atoms with E-state index in [9.17, 15) is 18.0 Å². The number of carbonyl (C=O) groups excluding carboxylic acids is 2. The van der Waals surface area contributed by atoms with E-state index in [0.717, 1.165) is 15.1 Å². The van der Waals surface area contributed by atoms with Gasteiger partial charge in [-0.2, -0.15) is 0 Å². The standard InChI is InChI=1S/C23H23NO6S/c1-4-30-23(26)19-10-9-16(2)21(14-19)24(15-22(25)29-3)31(27,28)20-12-11-17-7-5-6-8-18(17)13-20/h5-14H,4,15H2,1-3H3. The van der Waals surface area contributed by atoms with Gasteiger partial charge in [0.25, 0.3) is 10.0 Å². The second kappa shape index (κ2) is 9.18. The van der Waals surface area contributed by atoms with E-state index in [2.05, 4.69) is 0 Å². The van der Waals surface area contributed by atoms with Gasteiger partial charge >= 0.3 is 11.9 Å². The van der Waals surface area contributed by atoms with Crippen LogP contribution >= 0.6 is 0 Å². The smallest absolute Gasteiger partial charge is 0.338 e. The number of hydrogen-bond donors (Lipinski definition) is 0. The highest BCUT2D eigenvalue weighted by atomic mass is 32.2. The number of aryl methyl sites for hydroxylation is 1. The Morgan fingerprint density at radius 1 is 0.968 bits per heavy atom. The fourth-order valence-corrected chi connectivity index (χ4v) is 4.66. The number of methoxy groups -OCH3 is 1. The fourth-order valence-electron chi connectivity index (χ4n) is 3.16. The van der Waals surface area contributed by atoms with Gasteiger partial charge in [0.05, 0.1) is 29.9 Å². The van der Waals surface area contributed by atoms with E-state index in [4.69, 9.17) is 9.47 Å². The molecule has 0 N–H and O–H groups in total. The third-order valence-corrected chi connectivity index (χ3v) is 6.55. The number of sulfonamides is 1. The maximum Gasteiger partial charge on any atom is 0.338 e. The lowest BCUT2D eigenvalue weighted by atomic mass is 10.1. The monoisotopic (exact) mass is 441 g/mol. The molecule has 3 aromatic carbocycles. The van der Waals surface area contributed by atoms with Crippen molar-refractivity contribution >= 4 is 38.4 Å². The predicted octanol–water partition coefficient (Wildman–Crippen LogP) is 3.69. The summed E-state index contributed by atoms with van der Waals surface area (Å²) in [6.07, 6.45) is 0. The maximum atomic E-state index is 13.6. The van der Waals surface area contributed by atoms with Gasteiger partial charge < -0.3 is 9.47 Å². The quantitative estimate of drug-likeness (QED) is 0.520. The van der Waals surface area contributed by atoms with Crippen molar-refractivity contribution in [1.82, 2.24) is 0 Å². The summed E-state index contributed by atoms with van der Waals surface area (Å²) < 4.78 is 37.9. The first-order valence-corrected chi connectivity index (χ1v) is 11.1. The number of ether oxygens (including phenoxy) is 2. The van der Waals surface area contributed by atoms with Gasteiger partial charge in [-0.1, -0.05) is 36.4 Å². The summed E-state index contributed by atoms with van der Waals surface area (Å²) in [6.45, 7) is 3.02. The Kier molecular flexibility index (Phi) is 6.60. The molecule has 0 unspecified atom stereocenters. The van der Waals surface area contributed by atoms with E-state index < -0.39 is 28.5 Å². The van der Waals surface area contributed by atoms with E-state index in [0.29, 0.717) is 5.56 Å². The zero-order valence-corrected chi connectivity index (χ0v) is 18.3. The van der Waals surface area contributed by atoms with Crippen LogP contribution in [0.3, 0.4) is 0 Å². The lowest BCUT2D eigenvalue weighted by Crippen LogP contribution is -2.37. The highest BCUT2D eigenvalue weighted by Crippen LogP contribution is 2.30. The molecule has 0 saturated carbocycles. The van der Waals surface area contributed by atoms with Crippen molar-refractivity contribution in [3.8, 4) is 0 Å². The van der Waals surface area contributed by atoms with Crippen LogP contribution in [0, 0.1) is 6.92 Å². The summed E-state index contributed by atoms with van der Waals surface area (Å²) >= 11 is 0. The first kappa shape index (κ1) is 22.3. The average Bonchev–Trinajstić information content (AvgIpc) is 2.77. The van der Waals surface area contributed by atoms with Crippen LogP contribution in [0.1, 0.15) is 22.8 Å². The number of anilines is 1. The molecular formula is C23H23NO6S. The van der Waals surface area contributed by atoms with Gasteiger partial charge in [0, 0.05) is 0 Å². The zero-order valence-electron chi connectivity index (χ0n) is 17.5. The van der Waals surface area contributed by atoms with Crippen LogP contribution in [0.15, 0.2) is 65.6 Å². The van der Waals surface area contributed by atoms with Crippen molar-refractivity contribution in [3.05, 3.63) is 71.8 Å². The van der Waals surface area contributed by atoms with Crippen LogP contribution in [0.5, 0.6) is 0 Å². The molecule has 3 aromatic rings. The maximum absolute atomic E-state index is 13.6. The Hall–Kier alpha value is -3.39. The number of carbonyl (C=O) groups is 2. The molecule has 0 atom stereocenters. The molecule has 162 valence electrons. The van der Waals surface area contributed by atoms with Crippen LogP contribution < -0.4 is 4.31 Å². The van der Waals surface area contributed by atoms with Crippen molar-refractivity contribution in [2.24, 2.45) is 0 Å². The molecule has 0 saturated heterocycles. The van der Waals surface area contributed by atoms with Crippen molar-refractivity contribution in [3.63, 3.8) is 0 Å². The topological polar surface area (TPSA) is 90.0 Å². The molecule has 0 heterocycles. The van der Waals surface area contributed by atoms with Crippen LogP contribution in [0.4, 0.5) is 5.69 Å². The van der Waals surface area contributed by atoms with Gasteiger partial charge in [0.2, 0.25) is 0 Å². The number of rotatable bonds is 7. The number of benzene rings is 3. The zero-order chi connectivity index (χ0) is 22.6. The van der Waals surface area contributed by atoms with Gasteiger partial charge in [-0.15, -0.1) is 0 Å². The van der Waals surface area contributed by atoms with E-state index >= 15 is 0 Å². The molecular weight excluding hydrogens is 418 g/mol. The number of fused-ring (bicyclic) bond motifs is 1. The van der Waals surface area contributed by atoms with Gasteiger partial charge in [-0.25, -0.2) is 13.2 Å². The van der Waals surface area contributed by atoms with Gasteiger partial charge in [-0.05, 0) is 54.4 Å². The van der Waals surface area contributed by atoms with Gasteiger partial charge in [0.15, 0.2) is 0 Å². The van der Waals surface area contributed by atoms with E-state index in [1.165, 1.54) is 19.2 Å². The molecule has 7 nitrogen and oxygen atoms in total. The number of nitrogens with zero attached hydrogens (tertiary/aromatic N) is 1.